The van der Waals surface area contributed by atoms with Crippen LogP contribution in [0.4, 0.5) is 0 Å². The van der Waals surface area contributed by atoms with E-state index < -0.39 is 0 Å². The summed E-state index contributed by atoms with van der Waals surface area (Å²) in [7, 11) is 0. The SMILES string of the molecule is O=C(CCc1ccccc1)NC[C@H]1[C@@H](C/C=C\CCCc2nnn[nH]2)[C@H]2CC[C@@H]1O2. The minimum Gasteiger partial charge on any atom is -0.374 e. The van der Waals surface area contributed by atoms with Crippen LogP contribution in [0.5, 0.6) is 0 Å². The highest BCUT2D eigenvalue weighted by atomic mass is 16.5. The lowest BCUT2D eigenvalue weighted by molar-refractivity contribution is -0.121. The molecule has 0 aliphatic carbocycles. The van der Waals surface area contributed by atoms with Gasteiger partial charge in [0.05, 0.1) is 12.2 Å². The number of carbonyl (C=O) groups is 1. The molecule has 3 heterocycles. The van der Waals surface area contributed by atoms with E-state index in [1.54, 1.807) is 0 Å². The highest BCUT2D eigenvalue weighted by molar-refractivity contribution is 5.76. The lowest BCUT2D eigenvalue weighted by Gasteiger charge is -2.27. The lowest BCUT2D eigenvalue weighted by Crippen LogP contribution is -2.38. The molecule has 0 saturated carbocycles. The van der Waals surface area contributed by atoms with Gasteiger partial charge in [-0.3, -0.25) is 4.79 Å². The second-order valence-electron chi connectivity index (χ2n) is 8.35. The summed E-state index contributed by atoms with van der Waals surface area (Å²) in [6.45, 7) is 0.728. The molecule has 2 bridgehead atoms. The number of amides is 1. The van der Waals surface area contributed by atoms with Crippen LogP contribution >= 0.6 is 0 Å². The maximum Gasteiger partial charge on any atom is 0.220 e. The van der Waals surface area contributed by atoms with E-state index in [1.807, 2.05) is 18.2 Å². The Morgan fingerprint density at radius 1 is 1.13 bits per heavy atom. The van der Waals surface area contributed by atoms with Crippen molar-refractivity contribution >= 4 is 5.91 Å². The number of rotatable bonds is 11. The van der Waals surface area contributed by atoms with E-state index >= 15 is 0 Å². The number of ether oxygens (including phenoxy) is 1. The van der Waals surface area contributed by atoms with Gasteiger partial charge in [0.25, 0.3) is 0 Å². The molecule has 2 aliphatic rings. The van der Waals surface area contributed by atoms with Gasteiger partial charge in [-0.25, -0.2) is 5.10 Å². The number of fused-ring (bicyclic) bond motifs is 2. The van der Waals surface area contributed by atoms with Gasteiger partial charge in [0.2, 0.25) is 5.91 Å². The van der Waals surface area contributed by atoms with E-state index in [0.717, 1.165) is 57.3 Å². The van der Waals surface area contributed by atoms with Crippen LogP contribution in [0.2, 0.25) is 0 Å². The number of H-pyrrole nitrogens is 1. The summed E-state index contributed by atoms with van der Waals surface area (Å²) >= 11 is 0. The fourth-order valence-electron chi connectivity index (χ4n) is 4.75. The van der Waals surface area contributed by atoms with E-state index in [4.69, 9.17) is 4.74 Å². The molecule has 4 rings (SSSR count). The van der Waals surface area contributed by atoms with Gasteiger partial charge in [0.1, 0.15) is 5.82 Å². The van der Waals surface area contributed by atoms with Crippen LogP contribution in [0.25, 0.3) is 0 Å². The Morgan fingerprint density at radius 2 is 1.97 bits per heavy atom. The van der Waals surface area contributed by atoms with Crippen molar-refractivity contribution in [1.82, 2.24) is 25.9 Å². The third-order valence-electron chi connectivity index (χ3n) is 6.36. The number of aryl methyl sites for hydroxylation is 2. The highest BCUT2D eigenvalue weighted by Gasteiger charge is 2.47. The number of nitrogens with zero attached hydrogens (tertiary/aromatic N) is 3. The molecule has 7 heteroatoms. The summed E-state index contributed by atoms with van der Waals surface area (Å²) in [5, 5.41) is 17.1. The molecule has 0 radical (unpaired) electrons. The zero-order chi connectivity index (χ0) is 20.6. The summed E-state index contributed by atoms with van der Waals surface area (Å²) in [5.74, 6) is 1.91. The zero-order valence-corrected chi connectivity index (χ0v) is 17.4. The van der Waals surface area contributed by atoms with E-state index in [2.05, 4.69) is 50.2 Å². The van der Waals surface area contributed by atoms with Crippen molar-refractivity contribution < 1.29 is 9.53 Å². The molecule has 1 aromatic carbocycles. The number of tetrazole rings is 1. The molecule has 1 aromatic heterocycles. The third kappa shape index (κ3) is 5.53. The van der Waals surface area contributed by atoms with Crippen LogP contribution < -0.4 is 5.32 Å². The Kier molecular flexibility index (Phi) is 7.24. The Bertz CT molecular complexity index is 808. The number of carbonyl (C=O) groups excluding carboxylic acids is 1. The van der Waals surface area contributed by atoms with Gasteiger partial charge in [0, 0.05) is 25.3 Å². The highest BCUT2D eigenvalue weighted by Crippen LogP contribution is 2.44. The predicted octanol–water partition coefficient (Wildman–Crippen LogP) is 3.01. The average molecular weight is 410 g/mol. The normalized spacial score (nSPS) is 25.2. The maximum absolute atomic E-state index is 12.3. The number of hydrogen-bond acceptors (Lipinski definition) is 5. The van der Waals surface area contributed by atoms with Crippen LogP contribution in [0.1, 0.15) is 49.9 Å². The van der Waals surface area contributed by atoms with Crippen molar-refractivity contribution in [1.29, 1.82) is 0 Å². The molecule has 0 unspecified atom stereocenters. The number of aromatic amines is 1. The van der Waals surface area contributed by atoms with E-state index in [0.29, 0.717) is 30.5 Å². The van der Waals surface area contributed by atoms with Gasteiger partial charge in [0.15, 0.2) is 0 Å². The molecule has 2 N–H and O–H groups in total. The molecule has 2 aromatic rings. The van der Waals surface area contributed by atoms with E-state index in [-0.39, 0.29) is 5.91 Å². The van der Waals surface area contributed by atoms with Crippen LogP contribution in [-0.2, 0) is 22.4 Å². The molecule has 1 amide bonds. The molecule has 0 spiro atoms. The standard InChI is InChI=1S/C23H31N5O2/c29-23(15-12-17-8-4-3-5-9-17)24-16-19-18(20-13-14-21(19)30-20)10-6-1-2-7-11-22-25-27-28-26-22/h1,3-6,8-9,18-21H,2,7,10-16H2,(H,24,29)(H,25,26,27,28)/b6-1-/t18-,19+,20-,21+/m1/s1. The molecule has 7 nitrogen and oxygen atoms in total. The summed E-state index contributed by atoms with van der Waals surface area (Å²) < 4.78 is 6.17. The lowest BCUT2D eigenvalue weighted by atomic mass is 9.77. The van der Waals surface area contributed by atoms with Crippen molar-refractivity contribution in [3.8, 4) is 0 Å². The van der Waals surface area contributed by atoms with Crippen molar-refractivity contribution in [3.05, 3.63) is 53.9 Å². The first-order chi connectivity index (χ1) is 14.8. The second kappa shape index (κ2) is 10.5. The minimum absolute atomic E-state index is 0.137. The molecule has 2 saturated heterocycles. The molecular formula is C23H31N5O2. The number of unbranched alkanes of at least 4 members (excludes halogenated alkanes) is 1. The Labute approximate surface area is 177 Å². The number of hydrogen-bond donors (Lipinski definition) is 2. The molecule has 4 atom stereocenters. The van der Waals surface area contributed by atoms with Crippen molar-refractivity contribution in [2.45, 2.75) is 63.6 Å². The van der Waals surface area contributed by atoms with Crippen LogP contribution in [-0.4, -0.2) is 45.3 Å². The van der Waals surface area contributed by atoms with Crippen LogP contribution in [0.3, 0.4) is 0 Å². The van der Waals surface area contributed by atoms with Gasteiger partial charge >= 0.3 is 0 Å². The molecule has 2 aliphatic heterocycles. The predicted molar refractivity (Wildman–Crippen MR) is 114 cm³/mol. The largest absolute Gasteiger partial charge is 0.374 e. The first-order valence-electron chi connectivity index (χ1n) is 11.1. The monoisotopic (exact) mass is 409 g/mol. The number of allylic oxidation sites excluding steroid dienone is 2. The summed E-state index contributed by atoms with van der Waals surface area (Å²) in [4.78, 5) is 12.3. The van der Waals surface area contributed by atoms with Gasteiger partial charge < -0.3 is 10.1 Å². The van der Waals surface area contributed by atoms with Crippen LogP contribution in [0.15, 0.2) is 42.5 Å². The Balaban J connectivity index is 1.18. The van der Waals surface area contributed by atoms with Gasteiger partial charge in [-0.2, -0.15) is 0 Å². The maximum atomic E-state index is 12.3. The fraction of sp³-hybridized carbons (Fsp3) is 0.565. The minimum atomic E-state index is 0.137. The second-order valence-corrected chi connectivity index (χ2v) is 8.35. The van der Waals surface area contributed by atoms with Crippen molar-refractivity contribution in [2.75, 3.05) is 6.54 Å². The zero-order valence-electron chi connectivity index (χ0n) is 17.4. The smallest absolute Gasteiger partial charge is 0.220 e. The number of benzene rings is 1. The molecule has 160 valence electrons. The molecular weight excluding hydrogens is 378 g/mol. The molecule has 30 heavy (non-hydrogen) atoms. The Morgan fingerprint density at radius 3 is 2.77 bits per heavy atom. The van der Waals surface area contributed by atoms with Gasteiger partial charge in [-0.05, 0) is 60.4 Å². The number of nitrogens with one attached hydrogen (secondary N) is 2. The topological polar surface area (TPSA) is 92.8 Å². The van der Waals surface area contributed by atoms with E-state index in [9.17, 15) is 4.79 Å². The summed E-state index contributed by atoms with van der Waals surface area (Å²) in [6, 6.07) is 10.2. The summed E-state index contributed by atoms with van der Waals surface area (Å²) in [5.41, 5.74) is 1.21. The van der Waals surface area contributed by atoms with Crippen molar-refractivity contribution in [3.63, 3.8) is 0 Å². The summed E-state index contributed by atoms with van der Waals surface area (Å²) in [6.07, 6.45) is 12.7. The van der Waals surface area contributed by atoms with E-state index in [1.165, 1.54) is 5.56 Å². The van der Waals surface area contributed by atoms with Gasteiger partial charge in [-0.15, -0.1) is 5.10 Å². The first-order valence-corrected chi connectivity index (χ1v) is 11.1. The van der Waals surface area contributed by atoms with Crippen LogP contribution in [0, 0.1) is 11.8 Å². The first kappa shape index (κ1) is 20.7. The van der Waals surface area contributed by atoms with Crippen molar-refractivity contribution in [2.24, 2.45) is 11.8 Å². The fourth-order valence-corrected chi connectivity index (χ4v) is 4.75. The number of aromatic nitrogens is 4. The molecule has 2 fully saturated rings. The average Bonchev–Trinajstić information content (AvgIpc) is 3.52. The quantitative estimate of drug-likeness (QED) is 0.440. The third-order valence-corrected chi connectivity index (χ3v) is 6.36. The van der Waals surface area contributed by atoms with Gasteiger partial charge in [-0.1, -0.05) is 42.5 Å². The Hall–Kier alpha value is -2.54.